The Morgan fingerprint density at radius 2 is 2.05 bits per heavy atom. The van der Waals surface area contributed by atoms with Crippen molar-refractivity contribution in [2.75, 3.05) is 20.3 Å². The number of nitrogens with one attached hydrogen (secondary N) is 1. The lowest BCUT2D eigenvalue weighted by Crippen LogP contribution is -2.18. The molecule has 2 rings (SSSR count). The topological polar surface area (TPSA) is 21.3 Å². The summed E-state index contributed by atoms with van der Waals surface area (Å²) >= 11 is 5.36. The van der Waals surface area contributed by atoms with E-state index in [2.05, 4.69) is 70.6 Å². The van der Waals surface area contributed by atoms with Gasteiger partial charge in [-0.15, -0.1) is 0 Å². The lowest BCUT2D eigenvalue weighted by molar-refractivity contribution is 0.199. The fraction of sp³-hybridized carbons (Fsp3) is 0.294. The number of aryl methyl sites for hydroxylation is 1. The van der Waals surface area contributed by atoms with Crippen molar-refractivity contribution < 1.29 is 4.74 Å². The molecule has 0 atom stereocenters. The third kappa shape index (κ3) is 5.47. The molecule has 0 saturated heterocycles. The van der Waals surface area contributed by atoms with Crippen molar-refractivity contribution in [3.63, 3.8) is 0 Å². The van der Waals surface area contributed by atoms with Gasteiger partial charge in [0.05, 0.1) is 6.61 Å². The molecular formula is C17H20BrNOS. The Hall–Kier alpha value is -0.810. The summed E-state index contributed by atoms with van der Waals surface area (Å²) in [4.78, 5) is 2.56. The molecule has 0 fully saturated rings. The van der Waals surface area contributed by atoms with Gasteiger partial charge < -0.3 is 10.1 Å². The Kier molecular flexibility index (Phi) is 6.77. The minimum Gasteiger partial charge on any atom is -0.383 e. The maximum absolute atomic E-state index is 5.07. The molecule has 1 N–H and O–H groups in total. The van der Waals surface area contributed by atoms with Crippen LogP contribution in [0, 0.1) is 6.92 Å². The number of benzene rings is 2. The second-order valence-electron chi connectivity index (χ2n) is 4.84. The molecule has 0 saturated carbocycles. The SMILES string of the molecule is COCCNCc1cc(Br)ccc1Sc1cccc(C)c1. The minimum atomic E-state index is 0.731. The van der Waals surface area contributed by atoms with Crippen molar-refractivity contribution in [3.8, 4) is 0 Å². The van der Waals surface area contributed by atoms with Crippen LogP contribution >= 0.6 is 27.7 Å². The highest BCUT2D eigenvalue weighted by Crippen LogP contribution is 2.32. The molecule has 112 valence electrons. The summed E-state index contributed by atoms with van der Waals surface area (Å²) in [6, 6.07) is 15.0. The molecule has 0 radical (unpaired) electrons. The predicted octanol–water partition coefficient (Wildman–Crippen LogP) is 4.64. The van der Waals surface area contributed by atoms with Gasteiger partial charge in [-0.05, 0) is 42.8 Å². The van der Waals surface area contributed by atoms with E-state index in [0.29, 0.717) is 0 Å². The summed E-state index contributed by atoms with van der Waals surface area (Å²) in [6.07, 6.45) is 0. The highest BCUT2D eigenvalue weighted by molar-refractivity contribution is 9.10. The second kappa shape index (κ2) is 8.59. The van der Waals surface area contributed by atoms with Crippen LogP contribution in [0.15, 0.2) is 56.7 Å². The van der Waals surface area contributed by atoms with E-state index in [1.165, 1.54) is 20.9 Å². The molecule has 2 aromatic rings. The predicted molar refractivity (Wildman–Crippen MR) is 93.0 cm³/mol. The monoisotopic (exact) mass is 365 g/mol. The molecule has 0 aliphatic rings. The van der Waals surface area contributed by atoms with E-state index in [-0.39, 0.29) is 0 Å². The Labute approximate surface area is 139 Å². The summed E-state index contributed by atoms with van der Waals surface area (Å²) in [5, 5.41) is 3.41. The van der Waals surface area contributed by atoms with Gasteiger partial charge in [0.1, 0.15) is 0 Å². The Balaban J connectivity index is 2.10. The fourth-order valence-electron chi connectivity index (χ4n) is 1.99. The fourth-order valence-corrected chi connectivity index (χ4v) is 3.44. The number of ether oxygens (including phenoxy) is 1. The van der Waals surface area contributed by atoms with Crippen molar-refractivity contribution >= 4 is 27.7 Å². The Morgan fingerprint density at radius 3 is 2.81 bits per heavy atom. The highest BCUT2D eigenvalue weighted by atomic mass is 79.9. The van der Waals surface area contributed by atoms with Crippen molar-refractivity contribution in [1.82, 2.24) is 5.32 Å². The third-order valence-electron chi connectivity index (χ3n) is 3.04. The molecule has 0 aromatic heterocycles. The first kappa shape index (κ1) is 16.6. The summed E-state index contributed by atoms with van der Waals surface area (Å²) in [6.45, 7) is 4.56. The number of rotatable bonds is 7. The van der Waals surface area contributed by atoms with Crippen LogP contribution in [-0.2, 0) is 11.3 Å². The smallest absolute Gasteiger partial charge is 0.0587 e. The van der Waals surface area contributed by atoms with Gasteiger partial charge >= 0.3 is 0 Å². The van der Waals surface area contributed by atoms with E-state index in [0.717, 1.165) is 24.2 Å². The second-order valence-corrected chi connectivity index (χ2v) is 6.87. The maximum atomic E-state index is 5.07. The van der Waals surface area contributed by atoms with Crippen LogP contribution in [0.4, 0.5) is 0 Å². The van der Waals surface area contributed by atoms with Crippen molar-refractivity contribution in [1.29, 1.82) is 0 Å². The zero-order valence-corrected chi connectivity index (χ0v) is 14.8. The first-order valence-corrected chi connectivity index (χ1v) is 8.52. The van der Waals surface area contributed by atoms with Crippen LogP contribution in [0.25, 0.3) is 0 Å². The molecule has 0 aliphatic carbocycles. The van der Waals surface area contributed by atoms with Crippen LogP contribution in [0.1, 0.15) is 11.1 Å². The van der Waals surface area contributed by atoms with E-state index in [4.69, 9.17) is 4.74 Å². The van der Waals surface area contributed by atoms with Gasteiger partial charge in [-0.1, -0.05) is 45.4 Å². The largest absolute Gasteiger partial charge is 0.383 e. The Bertz CT molecular complexity index is 589. The zero-order valence-electron chi connectivity index (χ0n) is 12.4. The molecular weight excluding hydrogens is 346 g/mol. The molecule has 4 heteroatoms. The lowest BCUT2D eigenvalue weighted by atomic mass is 10.2. The quantitative estimate of drug-likeness (QED) is 0.721. The molecule has 2 aromatic carbocycles. The lowest BCUT2D eigenvalue weighted by Gasteiger charge is -2.11. The third-order valence-corrected chi connectivity index (χ3v) is 4.64. The first-order chi connectivity index (χ1) is 10.2. The van der Waals surface area contributed by atoms with Crippen molar-refractivity contribution in [3.05, 3.63) is 58.1 Å². The van der Waals surface area contributed by atoms with Gasteiger partial charge in [-0.2, -0.15) is 0 Å². The van der Waals surface area contributed by atoms with Gasteiger partial charge in [0.25, 0.3) is 0 Å². The summed E-state index contributed by atoms with van der Waals surface area (Å²) in [5.41, 5.74) is 2.59. The summed E-state index contributed by atoms with van der Waals surface area (Å²) in [5.74, 6) is 0. The van der Waals surface area contributed by atoms with E-state index < -0.39 is 0 Å². The summed E-state index contributed by atoms with van der Waals surface area (Å²) in [7, 11) is 1.72. The van der Waals surface area contributed by atoms with Crippen LogP contribution in [-0.4, -0.2) is 20.3 Å². The van der Waals surface area contributed by atoms with Gasteiger partial charge in [-0.25, -0.2) is 0 Å². The van der Waals surface area contributed by atoms with E-state index in [1.54, 1.807) is 7.11 Å². The van der Waals surface area contributed by atoms with Crippen LogP contribution < -0.4 is 5.32 Å². The number of halogens is 1. The number of hydrogen-bond acceptors (Lipinski definition) is 3. The van der Waals surface area contributed by atoms with Gasteiger partial charge in [0.2, 0.25) is 0 Å². The molecule has 0 unspecified atom stereocenters. The molecule has 0 aliphatic heterocycles. The molecule has 0 heterocycles. The van der Waals surface area contributed by atoms with Crippen LogP contribution in [0.2, 0.25) is 0 Å². The Morgan fingerprint density at radius 1 is 1.19 bits per heavy atom. The maximum Gasteiger partial charge on any atom is 0.0587 e. The van der Waals surface area contributed by atoms with Gasteiger partial charge in [0, 0.05) is 34.5 Å². The van der Waals surface area contributed by atoms with Crippen LogP contribution in [0.5, 0.6) is 0 Å². The van der Waals surface area contributed by atoms with Gasteiger partial charge in [-0.3, -0.25) is 0 Å². The van der Waals surface area contributed by atoms with Crippen LogP contribution in [0.3, 0.4) is 0 Å². The standard InChI is InChI=1S/C17H20BrNOS/c1-13-4-3-5-16(10-13)21-17-7-6-15(18)11-14(17)12-19-8-9-20-2/h3-7,10-11,19H,8-9,12H2,1-2H3. The van der Waals surface area contributed by atoms with E-state index >= 15 is 0 Å². The van der Waals surface area contributed by atoms with Crippen molar-refractivity contribution in [2.24, 2.45) is 0 Å². The number of methoxy groups -OCH3 is 1. The average molecular weight is 366 g/mol. The normalized spacial score (nSPS) is 10.8. The van der Waals surface area contributed by atoms with E-state index in [9.17, 15) is 0 Å². The molecule has 0 spiro atoms. The average Bonchev–Trinajstić information content (AvgIpc) is 2.46. The zero-order chi connectivity index (χ0) is 15.1. The highest BCUT2D eigenvalue weighted by Gasteiger charge is 2.06. The first-order valence-electron chi connectivity index (χ1n) is 6.91. The van der Waals surface area contributed by atoms with Crippen molar-refractivity contribution in [2.45, 2.75) is 23.3 Å². The summed E-state index contributed by atoms with van der Waals surface area (Å²) < 4.78 is 6.18. The molecule has 0 amide bonds. The van der Waals surface area contributed by atoms with Gasteiger partial charge in [0.15, 0.2) is 0 Å². The molecule has 21 heavy (non-hydrogen) atoms. The minimum absolute atomic E-state index is 0.731. The molecule has 2 nitrogen and oxygen atoms in total. The van der Waals surface area contributed by atoms with E-state index in [1.807, 2.05) is 11.8 Å². The molecule has 0 bridgehead atoms. The number of hydrogen-bond donors (Lipinski definition) is 1.